The van der Waals surface area contributed by atoms with Crippen LogP contribution in [-0.4, -0.2) is 42.0 Å². The van der Waals surface area contributed by atoms with E-state index in [1.54, 1.807) is 38.1 Å². The van der Waals surface area contributed by atoms with Gasteiger partial charge in [-0.25, -0.2) is 0 Å². The van der Waals surface area contributed by atoms with Gasteiger partial charge in [-0.3, -0.25) is 25.7 Å². The lowest BCUT2D eigenvalue weighted by molar-refractivity contribution is -0.130. The van der Waals surface area contributed by atoms with Gasteiger partial charge in [-0.1, -0.05) is 26.0 Å². The van der Waals surface area contributed by atoms with Crippen LogP contribution in [0.15, 0.2) is 24.3 Å². The number of hydrogen-bond donors (Lipinski definition) is 6. The van der Waals surface area contributed by atoms with Gasteiger partial charge in [0.1, 0.15) is 6.04 Å². The third-order valence-corrected chi connectivity index (χ3v) is 3.37. The van der Waals surface area contributed by atoms with E-state index in [9.17, 15) is 14.4 Å². The van der Waals surface area contributed by atoms with E-state index in [-0.39, 0.29) is 25.6 Å². The lowest BCUT2D eigenvalue weighted by Gasteiger charge is -2.21. The first kappa shape index (κ1) is 20.6. The van der Waals surface area contributed by atoms with E-state index in [1.807, 2.05) is 0 Å². The number of amides is 3. The number of hydrazine groups is 1. The zero-order valence-electron chi connectivity index (χ0n) is 14.3. The molecular formula is C16H25N5O4. The van der Waals surface area contributed by atoms with Crippen molar-refractivity contribution in [2.75, 3.05) is 18.4 Å². The van der Waals surface area contributed by atoms with Crippen molar-refractivity contribution in [3.8, 4) is 0 Å². The fraction of sp³-hybridized carbons (Fsp3) is 0.438. The minimum absolute atomic E-state index is 0.0771. The van der Waals surface area contributed by atoms with Crippen molar-refractivity contribution >= 4 is 23.4 Å². The Bertz CT molecular complexity index is 589. The van der Waals surface area contributed by atoms with E-state index in [0.717, 1.165) is 5.56 Å². The van der Waals surface area contributed by atoms with Crippen molar-refractivity contribution in [1.29, 1.82) is 0 Å². The molecule has 1 atom stereocenters. The highest BCUT2D eigenvalue weighted by Crippen LogP contribution is 2.09. The van der Waals surface area contributed by atoms with Gasteiger partial charge in [0.05, 0.1) is 19.7 Å². The molecular weight excluding hydrogens is 326 g/mol. The summed E-state index contributed by atoms with van der Waals surface area (Å²) in [5.74, 6) is 3.65. The fourth-order valence-electron chi connectivity index (χ4n) is 2.03. The van der Waals surface area contributed by atoms with Crippen molar-refractivity contribution in [3.63, 3.8) is 0 Å². The quantitative estimate of drug-likeness (QED) is 0.244. The normalized spacial score (nSPS) is 11.7. The zero-order chi connectivity index (χ0) is 18.8. The van der Waals surface area contributed by atoms with Crippen molar-refractivity contribution in [1.82, 2.24) is 16.1 Å². The number of carbonyl (C=O) groups is 3. The summed E-state index contributed by atoms with van der Waals surface area (Å²) in [5, 5.41) is 16.7. The van der Waals surface area contributed by atoms with E-state index in [4.69, 9.17) is 10.9 Å². The average molecular weight is 351 g/mol. The summed E-state index contributed by atoms with van der Waals surface area (Å²) in [6.07, 6.45) is 0. The molecule has 0 aliphatic carbocycles. The topological polar surface area (TPSA) is 146 Å². The number of aliphatic hydroxyl groups is 1. The molecule has 3 amide bonds. The molecule has 9 nitrogen and oxygen atoms in total. The minimum Gasteiger partial charge on any atom is -0.392 e. The van der Waals surface area contributed by atoms with Crippen molar-refractivity contribution in [2.24, 2.45) is 11.8 Å². The maximum Gasteiger partial charge on any atom is 0.243 e. The Morgan fingerprint density at radius 3 is 2.24 bits per heavy atom. The van der Waals surface area contributed by atoms with Crippen molar-refractivity contribution < 1.29 is 19.5 Å². The summed E-state index contributed by atoms with van der Waals surface area (Å²) in [4.78, 5) is 35.6. The van der Waals surface area contributed by atoms with Gasteiger partial charge in [0.15, 0.2) is 0 Å². The third-order valence-electron chi connectivity index (χ3n) is 3.37. The summed E-state index contributed by atoms with van der Waals surface area (Å²) in [6, 6.07) is 5.91. The van der Waals surface area contributed by atoms with Crippen LogP contribution in [0.1, 0.15) is 19.4 Å². The van der Waals surface area contributed by atoms with E-state index in [2.05, 4.69) is 21.4 Å². The van der Waals surface area contributed by atoms with Gasteiger partial charge in [0.25, 0.3) is 0 Å². The monoisotopic (exact) mass is 351 g/mol. The van der Waals surface area contributed by atoms with Gasteiger partial charge in [-0.2, -0.15) is 0 Å². The second-order valence-corrected chi connectivity index (χ2v) is 5.79. The first-order valence-corrected chi connectivity index (χ1v) is 7.87. The predicted octanol–water partition coefficient (Wildman–Crippen LogP) is -1.16. The summed E-state index contributed by atoms with van der Waals surface area (Å²) < 4.78 is 0. The van der Waals surface area contributed by atoms with E-state index >= 15 is 0 Å². The molecule has 0 saturated heterocycles. The molecule has 1 aromatic carbocycles. The Hall–Kier alpha value is -2.49. The molecule has 0 spiro atoms. The van der Waals surface area contributed by atoms with Crippen LogP contribution in [0, 0.1) is 5.92 Å². The molecule has 0 aliphatic rings. The number of hydrogen-bond acceptors (Lipinski definition) is 6. The molecule has 0 bridgehead atoms. The summed E-state index contributed by atoms with van der Waals surface area (Å²) >= 11 is 0. The van der Waals surface area contributed by atoms with Crippen LogP contribution in [0.2, 0.25) is 0 Å². The Labute approximate surface area is 146 Å². The Morgan fingerprint density at radius 1 is 1.08 bits per heavy atom. The molecule has 0 heterocycles. The molecule has 9 heteroatoms. The van der Waals surface area contributed by atoms with Gasteiger partial charge in [0.2, 0.25) is 17.7 Å². The second-order valence-electron chi connectivity index (χ2n) is 5.79. The maximum absolute atomic E-state index is 12.2. The SMILES string of the molecule is CC(C)C(NC(=O)CNN)C(=O)NCC(=O)Nc1ccc(CO)cc1. The predicted molar refractivity (Wildman–Crippen MR) is 93.0 cm³/mol. The summed E-state index contributed by atoms with van der Waals surface area (Å²) in [6.45, 7) is 3.15. The molecule has 7 N–H and O–H groups in total. The highest BCUT2D eigenvalue weighted by Gasteiger charge is 2.24. The van der Waals surface area contributed by atoms with Crippen LogP contribution in [0.4, 0.5) is 5.69 Å². The molecule has 1 unspecified atom stereocenters. The Morgan fingerprint density at radius 2 is 1.72 bits per heavy atom. The Kier molecular flexibility index (Phi) is 8.54. The number of anilines is 1. The first-order valence-electron chi connectivity index (χ1n) is 7.87. The van der Waals surface area contributed by atoms with Crippen molar-refractivity contribution in [3.05, 3.63) is 29.8 Å². The molecule has 0 radical (unpaired) electrons. The largest absolute Gasteiger partial charge is 0.392 e. The lowest BCUT2D eigenvalue weighted by Crippen LogP contribution is -2.53. The molecule has 0 aromatic heterocycles. The number of nitrogens with two attached hydrogens (primary N) is 1. The van der Waals surface area contributed by atoms with Gasteiger partial charge in [0, 0.05) is 5.69 Å². The minimum atomic E-state index is -0.766. The first-order chi connectivity index (χ1) is 11.9. The molecule has 138 valence electrons. The number of nitrogens with one attached hydrogen (secondary N) is 4. The van der Waals surface area contributed by atoms with E-state index in [0.29, 0.717) is 5.69 Å². The number of aliphatic hydroxyl groups excluding tert-OH is 1. The molecule has 25 heavy (non-hydrogen) atoms. The average Bonchev–Trinajstić information content (AvgIpc) is 2.58. The van der Waals surface area contributed by atoms with Gasteiger partial charge in [-0.05, 0) is 23.6 Å². The fourth-order valence-corrected chi connectivity index (χ4v) is 2.03. The molecule has 1 aromatic rings. The van der Waals surface area contributed by atoms with Crippen LogP contribution in [0.25, 0.3) is 0 Å². The smallest absolute Gasteiger partial charge is 0.243 e. The number of benzene rings is 1. The van der Waals surface area contributed by atoms with Crippen LogP contribution in [0.5, 0.6) is 0 Å². The Balaban J connectivity index is 2.51. The second kappa shape index (κ2) is 10.4. The standard InChI is InChI=1S/C16H25N5O4/c1-10(2)15(21-14(24)8-19-17)16(25)18-7-13(23)20-12-5-3-11(9-22)4-6-12/h3-6,10,15,19,22H,7-9,17H2,1-2H3,(H,18,25)(H,20,23)(H,21,24). The van der Waals surface area contributed by atoms with Gasteiger partial charge < -0.3 is 21.1 Å². The maximum atomic E-state index is 12.2. The highest BCUT2D eigenvalue weighted by atomic mass is 16.3. The summed E-state index contributed by atoms with van der Waals surface area (Å²) in [7, 11) is 0. The molecule has 0 aliphatic heterocycles. The van der Waals surface area contributed by atoms with Gasteiger partial charge in [-0.15, -0.1) is 0 Å². The lowest BCUT2D eigenvalue weighted by atomic mass is 10.0. The summed E-state index contributed by atoms with van der Waals surface area (Å²) in [5.41, 5.74) is 3.50. The van der Waals surface area contributed by atoms with Crippen LogP contribution >= 0.6 is 0 Å². The molecule has 0 fully saturated rings. The van der Waals surface area contributed by atoms with Crippen LogP contribution in [0.3, 0.4) is 0 Å². The highest BCUT2D eigenvalue weighted by molar-refractivity contribution is 5.96. The van der Waals surface area contributed by atoms with Crippen LogP contribution in [-0.2, 0) is 21.0 Å². The van der Waals surface area contributed by atoms with Crippen molar-refractivity contribution in [2.45, 2.75) is 26.5 Å². The number of rotatable bonds is 9. The molecule has 0 saturated carbocycles. The third kappa shape index (κ3) is 7.29. The van der Waals surface area contributed by atoms with E-state index < -0.39 is 23.8 Å². The van der Waals surface area contributed by atoms with Crippen LogP contribution < -0.4 is 27.2 Å². The van der Waals surface area contributed by atoms with Gasteiger partial charge >= 0.3 is 0 Å². The zero-order valence-corrected chi connectivity index (χ0v) is 14.3. The number of carbonyl (C=O) groups excluding carboxylic acids is 3. The van der Waals surface area contributed by atoms with E-state index in [1.165, 1.54) is 0 Å². The molecule has 1 rings (SSSR count).